The molecule has 1 aliphatic rings. The van der Waals surface area contributed by atoms with Crippen LogP contribution in [0.25, 0.3) is 11.3 Å². The maximum Gasteiger partial charge on any atom is 0.240 e. The number of carbonyl (C=O) groups is 1. The number of benzene rings is 2. The highest BCUT2D eigenvalue weighted by Gasteiger charge is 2.30. The molecule has 0 saturated heterocycles. The van der Waals surface area contributed by atoms with Crippen LogP contribution in [0.1, 0.15) is 31.7 Å². The fourth-order valence-corrected chi connectivity index (χ4v) is 4.26. The molecule has 1 amide bonds. The average molecular weight is 450 g/mol. The van der Waals surface area contributed by atoms with E-state index in [2.05, 4.69) is 48.1 Å². The molecule has 7 heteroatoms. The van der Waals surface area contributed by atoms with Crippen LogP contribution in [0.5, 0.6) is 0 Å². The minimum atomic E-state index is -0.282. The Hall–Kier alpha value is -3.19. The average Bonchev–Trinajstić information content (AvgIpc) is 3.16. The van der Waals surface area contributed by atoms with Crippen molar-refractivity contribution in [3.63, 3.8) is 0 Å². The second kappa shape index (κ2) is 9.75. The molecule has 0 fully saturated rings. The lowest BCUT2D eigenvalue weighted by molar-refractivity contribution is -0.135. The molecule has 0 radical (unpaired) electrons. The van der Waals surface area contributed by atoms with Gasteiger partial charge in [0.25, 0.3) is 0 Å². The maximum atomic E-state index is 13.6. The van der Waals surface area contributed by atoms with Gasteiger partial charge in [-0.1, -0.05) is 31.5 Å². The molecule has 6 nitrogen and oxygen atoms in total. The van der Waals surface area contributed by atoms with Crippen molar-refractivity contribution in [1.29, 1.82) is 0 Å². The van der Waals surface area contributed by atoms with Gasteiger partial charge in [0.1, 0.15) is 23.2 Å². The Morgan fingerprint density at radius 3 is 2.42 bits per heavy atom. The third-order valence-corrected chi connectivity index (χ3v) is 6.07. The van der Waals surface area contributed by atoms with Gasteiger partial charge in [0.05, 0.1) is 12.6 Å². The van der Waals surface area contributed by atoms with E-state index in [9.17, 15) is 9.18 Å². The van der Waals surface area contributed by atoms with E-state index in [1.54, 1.807) is 12.1 Å². The molecular formula is C26H32FN5O. The molecule has 1 atom stereocenters. The van der Waals surface area contributed by atoms with Crippen molar-refractivity contribution in [1.82, 2.24) is 19.8 Å². The summed E-state index contributed by atoms with van der Waals surface area (Å²) in [4.78, 5) is 20.0. The lowest BCUT2D eigenvalue weighted by atomic mass is 10.0. The largest absolute Gasteiger partial charge is 0.340 e. The molecule has 0 saturated carbocycles. The van der Waals surface area contributed by atoms with Crippen molar-refractivity contribution in [3.8, 4) is 11.3 Å². The van der Waals surface area contributed by atoms with Crippen LogP contribution in [0.2, 0.25) is 0 Å². The number of amides is 1. The van der Waals surface area contributed by atoms with E-state index in [1.165, 1.54) is 17.7 Å². The van der Waals surface area contributed by atoms with Crippen LogP contribution in [0.3, 0.4) is 0 Å². The number of imidazole rings is 1. The van der Waals surface area contributed by atoms with Gasteiger partial charge in [-0.2, -0.15) is 0 Å². The van der Waals surface area contributed by atoms with E-state index in [0.29, 0.717) is 25.6 Å². The Kier molecular flexibility index (Phi) is 6.79. The molecule has 2 aromatic carbocycles. The van der Waals surface area contributed by atoms with Crippen molar-refractivity contribution in [2.24, 2.45) is 5.92 Å². The summed E-state index contributed by atoms with van der Waals surface area (Å²) in [7, 11) is 1.84. The van der Waals surface area contributed by atoms with Gasteiger partial charge in [0.2, 0.25) is 5.91 Å². The molecule has 0 aliphatic carbocycles. The predicted molar refractivity (Wildman–Crippen MR) is 130 cm³/mol. The highest BCUT2D eigenvalue weighted by atomic mass is 19.1. The van der Waals surface area contributed by atoms with Crippen LogP contribution in [0.15, 0.2) is 48.5 Å². The van der Waals surface area contributed by atoms with Gasteiger partial charge in [0.15, 0.2) is 0 Å². The lowest BCUT2D eigenvalue weighted by Gasteiger charge is -2.32. The maximum absolute atomic E-state index is 13.6. The van der Waals surface area contributed by atoms with Gasteiger partial charge < -0.3 is 20.1 Å². The lowest BCUT2D eigenvalue weighted by Crippen LogP contribution is -2.48. The van der Waals surface area contributed by atoms with Crippen molar-refractivity contribution in [3.05, 3.63) is 65.7 Å². The van der Waals surface area contributed by atoms with E-state index in [-0.39, 0.29) is 17.8 Å². The zero-order chi connectivity index (χ0) is 23.5. The summed E-state index contributed by atoms with van der Waals surface area (Å²) in [5.41, 5.74) is 3.73. The molecule has 174 valence electrons. The number of hydrogen-bond donors (Lipinski definition) is 2. The third kappa shape index (κ3) is 5.09. The van der Waals surface area contributed by atoms with Crippen LogP contribution in [-0.4, -0.2) is 40.0 Å². The van der Waals surface area contributed by atoms with Crippen LogP contribution < -0.4 is 10.6 Å². The monoisotopic (exact) mass is 449 g/mol. The number of aromatic nitrogens is 2. The van der Waals surface area contributed by atoms with E-state index in [1.807, 2.05) is 24.1 Å². The van der Waals surface area contributed by atoms with Crippen LogP contribution >= 0.6 is 0 Å². The number of halogens is 1. The van der Waals surface area contributed by atoms with E-state index >= 15 is 0 Å². The summed E-state index contributed by atoms with van der Waals surface area (Å²) in [6.45, 7) is 8.00. The first-order valence-corrected chi connectivity index (χ1v) is 11.5. The highest BCUT2D eigenvalue weighted by Crippen LogP contribution is 2.33. The van der Waals surface area contributed by atoms with Gasteiger partial charge in [-0.25, -0.2) is 9.37 Å². The summed E-state index contributed by atoms with van der Waals surface area (Å²) < 4.78 is 15.7. The minimum absolute atomic E-state index is 0.108. The summed E-state index contributed by atoms with van der Waals surface area (Å²) in [6.07, 6.45) is 0.793. The van der Waals surface area contributed by atoms with Crippen LogP contribution in [0, 0.1) is 18.7 Å². The number of carbonyl (C=O) groups excluding carboxylic acids is 1. The number of likely N-dealkylation sites (N-methyl/N-ethyl adjacent to an activating group) is 1. The molecular weight excluding hydrogens is 417 g/mol. The topological polar surface area (TPSA) is 62.2 Å². The van der Waals surface area contributed by atoms with Gasteiger partial charge >= 0.3 is 0 Å². The Morgan fingerprint density at radius 1 is 1.09 bits per heavy atom. The third-order valence-electron chi connectivity index (χ3n) is 6.07. The van der Waals surface area contributed by atoms with Crippen LogP contribution in [0.4, 0.5) is 15.9 Å². The molecule has 4 rings (SSSR count). The highest BCUT2D eigenvalue weighted by molar-refractivity contribution is 5.82. The van der Waals surface area contributed by atoms with Crippen molar-refractivity contribution in [2.75, 3.05) is 18.9 Å². The molecule has 1 aliphatic heterocycles. The number of hydrogen-bond acceptors (Lipinski definition) is 4. The molecule has 3 aromatic rings. The van der Waals surface area contributed by atoms with Gasteiger partial charge in [0, 0.05) is 24.3 Å². The number of aryl methyl sites for hydroxylation is 1. The van der Waals surface area contributed by atoms with E-state index in [0.717, 1.165) is 35.0 Å². The minimum Gasteiger partial charge on any atom is -0.340 e. The quantitative estimate of drug-likeness (QED) is 0.548. The second-order valence-electron chi connectivity index (χ2n) is 9.11. The Balaban J connectivity index is 1.67. The number of fused-ring (bicyclic) bond motifs is 1. The normalized spacial score (nSPS) is 14.3. The second-order valence-corrected chi connectivity index (χ2v) is 9.11. The van der Waals surface area contributed by atoms with Crippen molar-refractivity contribution in [2.45, 2.75) is 46.3 Å². The number of nitrogens with one attached hydrogen (secondary N) is 2. The number of anilines is 2. The molecule has 2 heterocycles. The molecule has 2 N–H and O–H groups in total. The van der Waals surface area contributed by atoms with Gasteiger partial charge in [-0.15, -0.1) is 0 Å². The summed E-state index contributed by atoms with van der Waals surface area (Å²) in [5.74, 6) is 1.93. The fourth-order valence-electron chi connectivity index (χ4n) is 4.26. The molecule has 0 unspecified atom stereocenters. The summed E-state index contributed by atoms with van der Waals surface area (Å²) in [6, 6.07) is 14.4. The van der Waals surface area contributed by atoms with Gasteiger partial charge in [-0.05, 0) is 62.7 Å². The molecule has 0 spiro atoms. The smallest absolute Gasteiger partial charge is 0.240 e. The number of rotatable bonds is 7. The number of nitrogens with zero attached hydrogens (tertiary/aromatic N) is 3. The molecule has 1 aromatic heterocycles. The fraction of sp³-hybridized carbons (Fsp3) is 0.385. The Morgan fingerprint density at radius 2 is 1.79 bits per heavy atom. The molecule has 33 heavy (non-hydrogen) atoms. The molecule has 0 bridgehead atoms. The zero-order valence-corrected chi connectivity index (χ0v) is 19.7. The first kappa shape index (κ1) is 23.0. The van der Waals surface area contributed by atoms with E-state index < -0.39 is 0 Å². The first-order valence-electron chi connectivity index (χ1n) is 11.5. The Labute approximate surface area is 194 Å². The summed E-state index contributed by atoms with van der Waals surface area (Å²) in [5, 5.41) is 6.69. The predicted octanol–water partition coefficient (Wildman–Crippen LogP) is 4.72. The van der Waals surface area contributed by atoms with Gasteiger partial charge in [-0.3, -0.25) is 4.79 Å². The van der Waals surface area contributed by atoms with Crippen LogP contribution in [-0.2, 0) is 17.9 Å². The zero-order valence-electron chi connectivity index (χ0n) is 19.7. The van der Waals surface area contributed by atoms with E-state index in [4.69, 9.17) is 4.98 Å². The Bertz CT molecular complexity index is 1100. The first-order chi connectivity index (χ1) is 15.9. The van der Waals surface area contributed by atoms with Crippen molar-refractivity contribution >= 4 is 17.4 Å². The standard InChI is InChI=1S/C26H32FN5O/c1-17(2)15-22(28-4)26(33)31-13-14-32-23(16-31)30-24(19-7-9-20(27)10-8-19)25(32)29-21-11-5-18(3)6-12-21/h5-12,17,22,28-29H,13-16H2,1-4H3/t22-/m1/s1. The van der Waals surface area contributed by atoms with Crippen molar-refractivity contribution < 1.29 is 9.18 Å². The SMILES string of the molecule is CN[C@H](CC(C)C)C(=O)N1CCn2c(nc(-c3ccc(F)cc3)c2Nc2ccc(C)cc2)C1. The summed E-state index contributed by atoms with van der Waals surface area (Å²) >= 11 is 0.